The summed E-state index contributed by atoms with van der Waals surface area (Å²) in [5.74, 6) is -0.384. The van der Waals surface area contributed by atoms with Crippen molar-refractivity contribution in [1.82, 2.24) is 10.4 Å². The van der Waals surface area contributed by atoms with Crippen LogP contribution in [0.2, 0.25) is 0 Å². The zero-order chi connectivity index (χ0) is 15.8. The van der Waals surface area contributed by atoms with Gasteiger partial charge in [0.25, 0.3) is 5.91 Å². The number of hydroxylamine groups is 1. The van der Waals surface area contributed by atoms with Gasteiger partial charge in [-0.3, -0.25) is 14.8 Å². The predicted octanol–water partition coefficient (Wildman–Crippen LogP) is 2.73. The summed E-state index contributed by atoms with van der Waals surface area (Å²) < 4.78 is 0. The molecule has 1 rings (SSSR count). The summed E-state index contributed by atoms with van der Waals surface area (Å²) in [4.78, 5) is 25.3. The average Bonchev–Trinajstić information content (AvgIpc) is 2.49. The molecule has 5 heteroatoms. The highest BCUT2D eigenvalue weighted by Gasteiger charge is 2.16. The molecule has 0 aliphatic heterocycles. The van der Waals surface area contributed by atoms with Crippen molar-refractivity contribution >= 4 is 11.8 Å². The van der Waals surface area contributed by atoms with E-state index in [4.69, 9.17) is 5.21 Å². The first-order valence-electron chi connectivity index (χ1n) is 7.32. The Kier molecular flexibility index (Phi) is 6.88. The Hall–Kier alpha value is -1.88. The molecule has 0 radical (unpaired) electrons. The Labute approximate surface area is 125 Å². The predicted molar refractivity (Wildman–Crippen MR) is 80.9 cm³/mol. The summed E-state index contributed by atoms with van der Waals surface area (Å²) in [6, 6.07) is 7.00. The molecule has 0 heterocycles. The SMILES string of the molecule is CCCCC(=O)N(Cc1ccc(C(=O)NO)cc1)C(C)C. The molecule has 5 nitrogen and oxygen atoms in total. The molecule has 0 aliphatic carbocycles. The second kappa shape index (κ2) is 8.42. The molecule has 116 valence electrons. The lowest BCUT2D eigenvalue weighted by Gasteiger charge is -2.27. The highest BCUT2D eigenvalue weighted by atomic mass is 16.5. The van der Waals surface area contributed by atoms with Crippen LogP contribution >= 0.6 is 0 Å². The Bertz CT molecular complexity index is 469. The fourth-order valence-corrected chi connectivity index (χ4v) is 2.05. The van der Waals surface area contributed by atoms with E-state index in [1.54, 1.807) is 29.7 Å². The van der Waals surface area contributed by atoms with Crippen LogP contribution in [0.1, 0.15) is 56.0 Å². The summed E-state index contributed by atoms with van der Waals surface area (Å²) >= 11 is 0. The summed E-state index contributed by atoms with van der Waals surface area (Å²) in [5, 5.41) is 8.58. The molecule has 0 atom stereocenters. The minimum absolute atomic E-state index is 0.134. The van der Waals surface area contributed by atoms with Crippen LogP contribution in [-0.4, -0.2) is 28.0 Å². The van der Waals surface area contributed by atoms with Crippen molar-refractivity contribution in [2.24, 2.45) is 0 Å². The van der Waals surface area contributed by atoms with E-state index in [1.807, 2.05) is 18.7 Å². The Morgan fingerprint density at radius 2 is 1.86 bits per heavy atom. The number of carbonyl (C=O) groups is 2. The molecule has 1 aromatic carbocycles. The smallest absolute Gasteiger partial charge is 0.274 e. The van der Waals surface area contributed by atoms with Crippen molar-refractivity contribution in [3.05, 3.63) is 35.4 Å². The van der Waals surface area contributed by atoms with Crippen LogP contribution in [0.4, 0.5) is 0 Å². The molecular formula is C16H24N2O3. The number of carbonyl (C=O) groups excluding carboxylic acids is 2. The van der Waals surface area contributed by atoms with E-state index in [9.17, 15) is 9.59 Å². The van der Waals surface area contributed by atoms with Crippen molar-refractivity contribution in [2.45, 2.75) is 52.6 Å². The van der Waals surface area contributed by atoms with E-state index in [0.29, 0.717) is 18.5 Å². The van der Waals surface area contributed by atoms with Gasteiger partial charge in [0.05, 0.1) is 0 Å². The molecule has 0 aliphatic rings. The molecule has 0 spiro atoms. The van der Waals surface area contributed by atoms with Crippen LogP contribution in [0.25, 0.3) is 0 Å². The number of rotatable bonds is 7. The molecule has 21 heavy (non-hydrogen) atoms. The number of nitrogens with one attached hydrogen (secondary N) is 1. The van der Waals surface area contributed by atoms with Crippen molar-refractivity contribution in [3.8, 4) is 0 Å². The lowest BCUT2D eigenvalue weighted by Crippen LogP contribution is -2.36. The summed E-state index contributed by atoms with van der Waals surface area (Å²) in [5.41, 5.74) is 2.94. The highest BCUT2D eigenvalue weighted by Crippen LogP contribution is 2.13. The van der Waals surface area contributed by atoms with Gasteiger partial charge in [0.15, 0.2) is 0 Å². The highest BCUT2D eigenvalue weighted by molar-refractivity contribution is 5.93. The molecular weight excluding hydrogens is 268 g/mol. The van der Waals surface area contributed by atoms with E-state index in [0.717, 1.165) is 18.4 Å². The first-order valence-corrected chi connectivity index (χ1v) is 7.32. The Morgan fingerprint density at radius 3 is 2.33 bits per heavy atom. The van der Waals surface area contributed by atoms with E-state index in [2.05, 4.69) is 6.92 Å². The van der Waals surface area contributed by atoms with Crippen molar-refractivity contribution in [1.29, 1.82) is 0 Å². The molecule has 0 saturated carbocycles. The number of nitrogens with zero attached hydrogens (tertiary/aromatic N) is 1. The Balaban J connectivity index is 2.75. The maximum absolute atomic E-state index is 12.2. The lowest BCUT2D eigenvalue weighted by molar-refractivity contribution is -0.133. The normalized spacial score (nSPS) is 10.5. The minimum Gasteiger partial charge on any atom is -0.336 e. The zero-order valence-electron chi connectivity index (χ0n) is 12.9. The van der Waals surface area contributed by atoms with E-state index < -0.39 is 5.91 Å². The third-order valence-corrected chi connectivity index (χ3v) is 3.36. The first-order chi connectivity index (χ1) is 9.99. The number of hydrogen-bond acceptors (Lipinski definition) is 3. The standard InChI is InChI=1S/C16H24N2O3/c1-4-5-6-15(19)18(12(2)3)11-13-7-9-14(10-8-13)16(20)17-21/h7-10,12,21H,4-6,11H2,1-3H3,(H,17,20). The van der Waals surface area contributed by atoms with Gasteiger partial charge < -0.3 is 4.90 Å². The number of benzene rings is 1. The topological polar surface area (TPSA) is 69.6 Å². The molecule has 0 unspecified atom stereocenters. The van der Waals surface area contributed by atoms with Gasteiger partial charge in [-0.05, 0) is 38.0 Å². The van der Waals surface area contributed by atoms with Crippen LogP contribution in [0.3, 0.4) is 0 Å². The molecule has 0 bridgehead atoms. The van der Waals surface area contributed by atoms with Gasteiger partial charge in [0.1, 0.15) is 0 Å². The molecule has 0 saturated heterocycles. The summed E-state index contributed by atoms with van der Waals surface area (Å²) in [6.07, 6.45) is 2.47. The van der Waals surface area contributed by atoms with E-state index >= 15 is 0 Å². The second-order valence-corrected chi connectivity index (χ2v) is 5.36. The van der Waals surface area contributed by atoms with Gasteiger partial charge in [-0.1, -0.05) is 25.5 Å². The monoisotopic (exact) mass is 292 g/mol. The third-order valence-electron chi connectivity index (χ3n) is 3.36. The van der Waals surface area contributed by atoms with Crippen molar-refractivity contribution in [3.63, 3.8) is 0 Å². The number of hydrogen-bond donors (Lipinski definition) is 2. The number of amides is 2. The van der Waals surface area contributed by atoms with Crippen molar-refractivity contribution < 1.29 is 14.8 Å². The molecule has 0 aromatic heterocycles. The van der Waals surface area contributed by atoms with Crippen LogP contribution < -0.4 is 5.48 Å². The average molecular weight is 292 g/mol. The maximum Gasteiger partial charge on any atom is 0.274 e. The number of unbranched alkanes of at least 4 members (excludes halogenated alkanes) is 1. The van der Waals surface area contributed by atoms with Crippen molar-refractivity contribution in [2.75, 3.05) is 0 Å². The van der Waals surface area contributed by atoms with Crippen LogP contribution in [-0.2, 0) is 11.3 Å². The Morgan fingerprint density at radius 1 is 1.24 bits per heavy atom. The molecule has 2 amide bonds. The van der Waals surface area contributed by atoms with Gasteiger partial charge in [-0.15, -0.1) is 0 Å². The van der Waals surface area contributed by atoms with Gasteiger partial charge in [-0.2, -0.15) is 0 Å². The van der Waals surface area contributed by atoms with Crippen LogP contribution in [0.5, 0.6) is 0 Å². The zero-order valence-corrected chi connectivity index (χ0v) is 12.9. The molecule has 0 fully saturated rings. The fraction of sp³-hybridized carbons (Fsp3) is 0.500. The molecule has 2 N–H and O–H groups in total. The lowest BCUT2D eigenvalue weighted by atomic mass is 10.1. The van der Waals surface area contributed by atoms with E-state index in [1.165, 1.54) is 0 Å². The third kappa shape index (κ3) is 5.19. The molecule has 1 aromatic rings. The summed E-state index contributed by atoms with van der Waals surface area (Å²) in [6.45, 7) is 6.59. The fourth-order valence-electron chi connectivity index (χ4n) is 2.05. The minimum atomic E-state index is -0.540. The van der Waals surface area contributed by atoms with Gasteiger partial charge in [0, 0.05) is 24.6 Å². The van der Waals surface area contributed by atoms with Gasteiger partial charge in [0.2, 0.25) is 5.91 Å². The first kappa shape index (κ1) is 17.2. The van der Waals surface area contributed by atoms with Crippen LogP contribution in [0.15, 0.2) is 24.3 Å². The second-order valence-electron chi connectivity index (χ2n) is 5.36. The maximum atomic E-state index is 12.2. The van der Waals surface area contributed by atoms with Gasteiger partial charge >= 0.3 is 0 Å². The largest absolute Gasteiger partial charge is 0.336 e. The van der Waals surface area contributed by atoms with E-state index in [-0.39, 0.29) is 11.9 Å². The quantitative estimate of drug-likeness (QED) is 0.599. The van der Waals surface area contributed by atoms with Crippen LogP contribution in [0, 0.1) is 0 Å². The summed E-state index contributed by atoms with van der Waals surface area (Å²) in [7, 11) is 0. The van der Waals surface area contributed by atoms with Gasteiger partial charge in [-0.25, -0.2) is 5.48 Å².